The van der Waals surface area contributed by atoms with Gasteiger partial charge in [0.2, 0.25) is 5.91 Å². The van der Waals surface area contributed by atoms with Crippen LogP contribution in [0.4, 0.5) is 0 Å². The topological polar surface area (TPSA) is 54.5 Å². The first-order valence-electron chi connectivity index (χ1n) is 8.83. The van der Waals surface area contributed by atoms with Gasteiger partial charge in [-0.25, -0.2) is 0 Å². The number of pyridine rings is 1. The van der Waals surface area contributed by atoms with Crippen molar-refractivity contribution >= 4 is 5.91 Å². The summed E-state index contributed by atoms with van der Waals surface area (Å²) in [6, 6.07) is 4.58. The van der Waals surface area contributed by atoms with E-state index < -0.39 is 0 Å². The molecule has 3 fully saturated rings. The molecule has 124 valence electrons. The van der Waals surface area contributed by atoms with Crippen LogP contribution in [0.15, 0.2) is 24.5 Å². The maximum Gasteiger partial charge on any atom is 0.225 e. The van der Waals surface area contributed by atoms with Gasteiger partial charge in [0.25, 0.3) is 0 Å². The molecule has 0 unspecified atom stereocenters. The highest BCUT2D eigenvalue weighted by molar-refractivity contribution is 5.79. The van der Waals surface area contributed by atoms with E-state index in [9.17, 15) is 4.79 Å². The Morgan fingerprint density at radius 2 is 2.26 bits per heavy atom. The van der Waals surface area contributed by atoms with Crippen LogP contribution >= 0.6 is 0 Å². The summed E-state index contributed by atoms with van der Waals surface area (Å²) in [6.45, 7) is 3.28. The number of ether oxygens (including phenoxy) is 1. The third kappa shape index (κ3) is 3.12. The Balaban J connectivity index is 1.41. The number of piperidine rings is 1. The molecular weight excluding hydrogens is 290 g/mol. The maximum atomic E-state index is 12.8. The number of nitrogens with zero attached hydrogens (tertiary/aromatic N) is 2. The minimum atomic E-state index is 0.0634. The molecule has 1 aliphatic carbocycles. The Hall–Kier alpha value is -1.46. The van der Waals surface area contributed by atoms with Crippen molar-refractivity contribution in [3.63, 3.8) is 0 Å². The van der Waals surface area contributed by atoms with E-state index in [1.807, 2.05) is 18.3 Å². The molecule has 0 spiro atoms. The summed E-state index contributed by atoms with van der Waals surface area (Å²) in [5.74, 6) is 0.632. The van der Waals surface area contributed by atoms with E-state index in [2.05, 4.69) is 15.2 Å². The highest BCUT2D eigenvalue weighted by atomic mass is 16.5. The molecule has 0 radical (unpaired) electrons. The van der Waals surface area contributed by atoms with Gasteiger partial charge in [0.05, 0.1) is 12.0 Å². The molecule has 1 saturated carbocycles. The van der Waals surface area contributed by atoms with Gasteiger partial charge in [-0.3, -0.25) is 14.7 Å². The van der Waals surface area contributed by atoms with Gasteiger partial charge in [-0.1, -0.05) is 12.5 Å². The third-order valence-corrected chi connectivity index (χ3v) is 5.74. The molecule has 3 atom stereocenters. The average Bonchev–Trinajstić information content (AvgIpc) is 2.99. The molecule has 1 aromatic rings. The van der Waals surface area contributed by atoms with Crippen LogP contribution in [0.25, 0.3) is 0 Å². The van der Waals surface area contributed by atoms with Gasteiger partial charge in [-0.15, -0.1) is 0 Å². The number of amides is 1. The lowest BCUT2D eigenvalue weighted by Crippen LogP contribution is -2.56. The Kier molecular flexibility index (Phi) is 4.31. The summed E-state index contributed by atoms with van der Waals surface area (Å²) in [5, 5.41) is 3.12. The first kappa shape index (κ1) is 15.1. The van der Waals surface area contributed by atoms with Crippen molar-refractivity contribution in [1.29, 1.82) is 0 Å². The van der Waals surface area contributed by atoms with Gasteiger partial charge in [0.1, 0.15) is 0 Å². The largest absolute Gasteiger partial charge is 0.377 e. The lowest BCUT2D eigenvalue weighted by molar-refractivity contribution is -0.132. The molecule has 3 aliphatic rings. The molecule has 0 aromatic carbocycles. The molecule has 4 rings (SSSR count). The Morgan fingerprint density at radius 3 is 3.00 bits per heavy atom. The Bertz CT molecular complexity index is 546. The van der Waals surface area contributed by atoms with E-state index in [0.29, 0.717) is 18.5 Å². The molecule has 5 heteroatoms. The van der Waals surface area contributed by atoms with Crippen LogP contribution in [0.3, 0.4) is 0 Å². The van der Waals surface area contributed by atoms with Crippen molar-refractivity contribution in [1.82, 2.24) is 15.2 Å². The highest BCUT2D eigenvalue weighted by Crippen LogP contribution is 2.37. The van der Waals surface area contributed by atoms with Gasteiger partial charge < -0.3 is 10.1 Å². The highest BCUT2D eigenvalue weighted by Gasteiger charge is 2.45. The summed E-state index contributed by atoms with van der Waals surface area (Å²) >= 11 is 0. The Labute approximate surface area is 137 Å². The van der Waals surface area contributed by atoms with Crippen molar-refractivity contribution < 1.29 is 9.53 Å². The van der Waals surface area contributed by atoms with Crippen molar-refractivity contribution in [3.8, 4) is 0 Å². The summed E-state index contributed by atoms with van der Waals surface area (Å²) < 4.78 is 5.92. The zero-order valence-electron chi connectivity index (χ0n) is 13.5. The predicted octanol–water partition coefficient (Wildman–Crippen LogP) is 1.59. The number of nitrogens with one attached hydrogen (secondary N) is 1. The zero-order valence-corrected chi connectivity index (χ0v) is 13.5. The second-order valence-corrected chi connectivity index (χ2v) is 7.09. The maximum absolute atomic E-state index is 12.8. The minimum absolute atomic E-state index is 0.0634. The summed E-state index contributed by atoms with van der Waals surface area (Å²) in [5.41, 5.74) is 1.05. The number of hydrogen-bond donors (Lipinski definition) is 1. The van der Waals surface area contributed by atoms with Crippen LogP contribution in [0.5, 0.6) is 0 Å². The van der Waals surface area contributed by atoms with Crippen LogP contribution in [0, 0.1) is 11.8 Å². The zero-order chi connectivity index (χ0) is 15.6. The SMILES string of the molecule is O=C(NCc1cccnc1)[C@H]1CN(C2CCC2)C[C@H]2OCC[C@@H]12. The van der Waals surface area contributed by atoms with Crippen LogP contribution in [0.1, 0.15) is 31.2 Å². The fourth-order valence-corrected chi connectivity index (χ4v) is 4.16. The average molecular weight is 315 g/mol. The third-order valence-electron chi connectivity index (χ3n) is 5.74. The summed E-state index contributed by atoms with van der Waals surface area (Å²) in [6.07, 6.45) is 8.72. The Morgan fingerprint density at radius 1 is 1.35 bits per heavy atom. The quantitative estimate of drug-likeness (QED) is 0.917. The number of rotatable bonds is 4. The van der Waals surface area contributed by atoms with Crippen molar-refractivity contribution in [2.75, 3.05) is 19.7 Å². The standard InChI is InChI=1S/C18H25N3O2/c22-18(20-10-13-3-2-7-19-9-13)16-11-21(14-4-1-5-14)12-17-15(16)6-8-23-17/h2-3,7,9,14-17H,1,4-6,8,10-12H2,(H,20,22)/t15-,16-,17+/m0/s1. The predicted molar refractivity (Wildman–Crippen MR) is 86.6 cm³/mol. The van der Waals surface area contributed by atoms with E-state index in [1.165, 1.54) is 19.3 Å². The second-order valence-electron chi connectivity index (χ2n) is 7.09. The number of carbonyl (C=O) groups is 1. The van der Waals surface area contributed by atoms with Gasteiger partial charge in [0, 0.05) is 50.6 Å². The van der Waals surface area contributed by atoms with Crippen molar-refractivity contribution in [2.45, 2.75) is 44.4 Å². The van der Waals surface area contributed by atoms with Crippen LogP contribution < -0.4 is 5.32 Å². The van der Waals surface area contributed by atoms with E-state index in [4.69, 9.17) is 4.74 Å². The van der Waals surface area contributed by atoms with Crippen molar-refractivity contribution in [2.24, 2.45) is 11.8 Å². The summed E-state index contributed by atoms with van der Waals surface area (Å²) in [7, 11) is 0. The van der Waals surface area contributed by atoms with Gasteiger partial charge in [-0.05, 0) is 30.9 Å². The molecule has 1 amide bonds. The fourth-order valence-electron chi connectivity index (χ4n) is 4.16. The van der Waals surface area contributed by atoms with Gasteiger partial charge >= 0.3 is 0 Å². The number of likely N-dealkylation sites (tertiary alicyclic amines) is 1. The lowest BCUT2D eigenvalue weighted by atomic mass is 9.79. The molecule has 23 heavy (non-hydrogen) atoms. The van der Waals surface area contributed by atoms with Gasteiger partial charge in [-0.2, -0.15) is 0 Å². The van der Waals surface area contributed by atoms with Crippen LogP contribution in [-0.2, 0) is 16.1 Å². The number of carbonyl (C=O) groups excluding carboxylic acids is 1. The molecule has 2 aliphatic heterocycles. The number of aromatic nitrogens is 1. The first-order valence-corrected chi connectivity index (χ1v) is 8.83. The molecular formula is C18H25N3O2. The molecule has 5 nitrogen and oxygen atoms in total. The smallest absolute Gasteiger partial charge is 0.225 e. The molecule has 1 N–H and O–H groups in total. The van der Waals surface area contributed by atoms with E-state index in [-0.39, 0.29) is 17.9 Å². The summed E-state index contributed by atoms with van der Waals surface area (Å²) in [4.78, 5) is 19.4. The number of fused-ring (bicyclic) bond motifs is 1. The minimum Gasteiger partial charge on any atom is -0.377 e. The van der Waals surface area contributed by atoms with E-state index in [0.717, 1.165) is 31.7 Å². The number of hydrogen-bond acceptors (Lipinski definition) is 4. The van der Waals surface area contributed by atoms with E-state index >= 15 is 0 Å². The molecule has 2 saturated heterocycles. The van der Waals surface area contributed by atoms with Crippen molar-refractivity contribution in [3.05, 3.63) is 30.1 Å². The fraction of sp³-hybridized carbons (Fsp3) is 0.667. The molecule has 1 aromatic heterocycles. The normalized spacial score (nSPS) is 31.4. The van der Waals surface area contributed by atoms with Crippen LogP contribution in [0.2, 0.25) is 0 Å². The second kappa shape index (κ2) is 6.57. The van der Waals surface area contributed by atoms with E-state index in [1.54, 1.807) is 6.20 Å². The lowest BCUT2D eigenvalue weighted by Gasteiger charge is -2.46. The molecule has 0 bridgehead atoms. The first-order chi connectivity index (χ1) is 11.3. The van der Waals surface area contributed by atoms with Crippen LogP contribution in [-0.4, -0.2) is 47.6 Å². The molecule has 3 heterocycles. The van der Waals surface area contributed by atoms with Gasteiger partial charge in [0.15, 0.2) is 0 Å². The monoisotopic (exact) mass is 315 g/mol.